The molecule has 4 aromatic rings. The van der Waals surface area contributed by atoms with Gasteiger partial charge in [-0.25, -0.2) is 0 Å². The van der Waals surface area contributed by atoms with Crippen molar-refractivity contribution in [1.82, 2.24) is 0 Å². The molecule has 150 valence electrons. The maximum absolute atomic E-state index is 13.0. The van der Waals surface area contributed by atoms with Crippen molar-refractivity contribution in [3.8, 4) is 5.75 Å². The number of quaternary nitrogens is 1. The van der Waals surface area contributed by atoms with Crippen LogP contribution >= 0.6 is 11.3 Å². The summed E-state index contributed by atoms with van der Waals surface area (Å²) in [5.74, 6) is 0.591. The molecule has 0 spiro atoms. The van der Waals surface area contributed by atoms with E-state index in [-0.39, 0.29) is 11.9 Å². The van der Waals surface area contributed by atoms with E-state index in [0.717, 1.165) is 35.0 Å². The van der Waals surface area contributed by atoms with Gasteiger partial charge in [0.2, 0.25) is 0 Å². The highest BCUT2D eigenvalue weighted by Gasteiger charge is 2.25. The lowest BCUT2D eigenvalue weighted by molar-refractivity contribution is -0.925. The number of benzene rings is 2. The smallest absolute Gasteiger partial charge is 0.282 e. The van der Waals surface area contributed by atoms with Crippen LogP contribution in [0.1, 0.15) is 18.7 Å². The van der Waals surface area contributed by atoms with E-state index in [1.165, 1.54) is 9.78 Å². The lowest BCUT2D eigenvalue weighted by atomic mass is 10.1. The minimum absolute atomic E-state index is 0.0350. The van der Waals surface area contributed by atoms with E-state index < -0.39 is 0 Å². The molecule has 2 aromatic heterocycles. The third-order valence-corrected chi connectivity index (χ3v) is 6.27. The summed E-state index contributed by atoms with van der Waals surface area (Å²) in [5.41, 5.74) is 2.18. The number of hydrogen-bond donors (Lipinski definition) is 2. The number of rotatable bonds is 7. The SMILES string of the molecule is CC[NH+](Cc1cccs1)[C@@H](C)C(=O)Nc1cc2oc3ccccc3c2cc1OC. The van der Waals surface area contributed by atoms with Crippen molar-refractivity contribution in [3.63, 3.8) is 0 Å². The maximum atomic E-state index is 13.0. The fraction of sp³-hybridized carbons (Fsp3) is 0.261. The van der Waals surface area contributed by atoms with Gasteiger partial charge in [-0.1, -0.05) is 24.3 Å². The molecule has 2 aromatic carbocycles. The number of methoxy groups -OCH3 is 1. The Kier molecular flexibility index (Phi) is 5.56. The molecular formula is C23H25N2O3S+. The second-order valence-electron chi connectivity index (χ2n) is 7.13. The summed E-state index contributed by atoms with van der Waals surface area (Å²) in [6.07, 6.45) is 0. The zero-order chi connectivity index (χ0) is 20.4. The molecule has 2 atom stereocenters. The first-order valence-corrected chi connectivity index (χ1v) is 10.7. The fourth-order valence-electron chi connectivity index (χ4n) is 3.67. The Balaban J connectivity index is 1.60. The van der Waals surface area contributed by atoms with E-state index in [9.17, 15) is 4.79 Å². The number of fused-ring (bicyclic) bond motifs is 3. The number of ether oxygens (including phenoxy) is 1. The number of carbonyl (C=O) groups is 1. The Hall–Kier alpha value is -2.83. The van der Waals surface area contributed by atoms with Gasteiger partial charge in [0.1, 0.15) is 23.5 Å². The molecule has 0 aliphatic carbocycles. The molecule has 29 heavy (non-hydrogen) atoms. The zero-order valence-corrected chi connectivity index (χ0v) is 17.6. The Morgan fingerprint density at radius 1 is 1.17 bits per heavy atom. The molecule has 5 nitrogen and oxygen atoms in total. The van der Waals surface area contributed by atoms with Crippen molar-refractivity contribution < 1.29 is 18.8 Å². The lowest BCUT2D eigenvalue weighted by Gasteiger charge is -2.24. The molecule has 1 unspecified atom stereocenters. The molecule has 2 N–H and O–H groups in total. The van der Waals surface area contributed by atoms with Crippen LogP contribution in [0.3, 0.4) is 0 Å². The number of carbonyl (C=O) groups excluding carboxylic acids is 1. The van der Waals surface area contributed by atoms with Crippen LogP contribution in [0.5, 0.6) is 5.75 Å². The van der Waals surface area contributed by atoms with Crippen LogP contribution in [0, 0.1) is 0 Å². The van der Waals surface area contributed by atoms with Gasteiger partial charge in [0, 0.05) is 16.8 Å². The van der Waals surface area contributed by atoms with Gasteiger partial charge >= 0.3 is 0 Å². The van der Waals surface area contributed by atoms with E-state index in [2.05, 4.69) is 23.7 Å². The van der Waals surface area contributed by atoms with E-state index >= 15 is 0 Å². The van der Waals surface area contributed by atoms with Gasteiger partial charge in [0.05, 0.1) is 24.2 Å². The number of para-hydroxylation sites is 1. The maximum Gasteiger partial charge on any atom is 0.282 e. The molecule has 0 radical (unpaired) electrons. The van der Waals surface area contributed by atoms with Crippen LogP contribution in [-0.2, 0) is 11.3 Å². The normalized spacial score (nSPS) is 13.5. The summed E-state index contributed by atoms with van der Waals surface area (Å²) in [6.45, 7) is 5.77. The molecule has 2 heterocycles. The number of anilines is 1. The molecule has 0 saturated heterocycles. The summed E-state index contributed by atoms with van der Waals surface area (Å²) < 4.78 is 11.5. The van der Waals surface area contributed by atoms with Crippen molar-refractivity contribution in [2.75, 3.05) is 19.0 Å². The predicted molar refractivity (Wildman–Crippen MR) is 118 cm³/mol. The summed E-state index contributed by atoms with van der Waals surface area (Å²) in [7, 11) is 1.61. The molecule has 6 heteroatoms. The summed E-state index contributed by atoms with van der Waals surface area (Å²) in [5, 5.41) is 7.13. The van der Waals surface area contributed by atoms with E-state index in [0.29, 0.717) is 11.4 Å². The molecule has 0 aliphatic rings. The Morgan fingerprint density at radius 3 is 2.72 bits per heavy atom. The quantitative estimate of drug-likeness (QED) is 0.483. The lowest BCUT2D eigenvalue weighted by Crippen LogP contribution is -3.15. The van der Waals surface area contributed by atoms with Gasteiger partial charge in [-0.3, -0.25) is 4.79 Å². The van der Waals surface area contributed by atoms with Crippen molar-refractivity contribution in [2.24, 2.45) is 0 Å². The second-order valence-corrected chi connectivity index (χ2v) is 8.16. The standard InChI is InChI=1S/C23H24N2O3S/c1-4-25(14-16-8-7-11-29-16)15(2)23(26)24-19-13-21-18(12-22(19)27-3)17-9-5-6-10-20(17)28-21/h5-13,15H,4,14H2,1-3H3,(H,24,26)/p+1/t15-/m0/s1. The van der Waals surface area contributed by atoms with Gasteiger partial charge in [0.15, 0.2) is 6.04 Å². The summed E-state index contributed by atoms with van der Waals surface area (Å²) >= 11 is 1.72. The van der Waals surface area contributed by atoms with Crippen molar-refractivity contribution in [2.45, 2.75) is 26.4 Å². The average molecular weight is 410 g/mol. The van der Waals surface area contributed by atoms with Gasteiger partial charge in [-0.15, -0.1) is 11.3 Å². The van der Waals surface area contributed by atoms with Crippen molar-refractivity contribution in [1.29, 1.82) is 0 Å². The topological polar surface area (TPSA) is 55.9 Å². The first kappa shape index (κ1) is 19.5. The highest BCUT2D eigenvalue weighted by atomic mass is 32.1. The van der Waals surface area contributed by atoms with Crippen LogP contribution < -0.4 is 15.0 Å². The first-order chi connectivity index (χ1) is 14.1. The first-order valence-electron chi connectivity index (χ1n) is 9.77. The van der Waals surface area contributed by atoms with Gasteiger partial charge in [-0.2, -0.15) is 0 Å². The minimum Gasteiger partial charge on any atom is -0.495 e. The number of hydrogen-bond acceptors (Lipinski definition) is 4. The molecule has 0 aliphatic heterocycles. The van der Waals surface area contributed by atoms with E-state index in [1.807, 2.05) is 49.4 Å². The van der Waals surface area contributed by atoms with Crippen LogP contribution in [0.15, 0.2) is 58.3 Å². The molecule has 0 fully saturated rings. The van der Waals surface area contributed by atoms with Gasteiger partial charge in [0.25, 0.3) is 5.91 Å². The van der Waals surface area contributed by atoms with Crippen LogP contribution in [0.2, 0.25) is 0 Å². The Labute approximate surface area is 173 Å². The molecular weight excluding hydrogens is 384 g/mol. The molecule has 1 amide bonds. The molecule has 0 bridgehead atoms. The fourth-order valence-corrected chi connectivity index (χ4v) is 4.42. The zero-order valence-electron chi connectivity index (χ0n) is 16.8. The number of nitrogens with one attached hydrogen (secondary N) is 2. The average Bonchev–Trinajstić information content (AvgIpc) is 3.37. The van der Waals surface area contributed by atoms with E-state index in [4.69, 9.17) is 9.15 Å². The Bertz CT molecular complexity index is 1130. The third-order valence-electron chi connectivity index (χ3n) is 5.40. The highest BCUT2D eigenvalue weighted by molar-refractivity contribution is 7.09. The third kappa shape index (κ3) is 3.86. The largest absolute Gasteiger partial charge is 0.495 e. The summed E-state index contributed by atoms with van der Waals surface area (Å²) in [6, 6.07) is 15.6. The van der Waals surface area contributed by atoms with Crippen LogP contribution in [-0.4, -0.2) is 25.6 Å². The minimum atomic E-state index is -0.196. The highest BCUT2D eigenvalue weighted by Crippen LogP contribution is 2.36. The number of amides is 1. The number of thiophene rings is 1. The number of furan rings is 1. The molecule has 0 saturated carbocycles. The van der Waals surface area contributed by atoms with E-state index in [1.54, 1.807) is 18.4 Å². The predicted octanol–water partition coefficient (Wildman–Crippen LogP) is 4.09. The van der Waals surface area contributed by atoms with Gasteiger partial charge in [-0.05, 0) is 37.4 Å². The molecule has 4 rings (SSSR count). The van der Waals surface area contributed by atoms with Crippen LogP contribution in [0.4, 0.5) is 5.69 Å². The Morgan fingerprint density at radius 2 is 2.00 bits per heavy atom. The van der Waals surface area contributed by atoms with Crippen LogP contribution in [0.25, 0.3) is 21.9 Å². The van der Waals surface area contributed by atoms with Gasteiger partial charge < -0.3 is 19.4 Å². The van der Waals surface area contributed by atoms with Crippen molar-refractivity contribution in [3.05, 3.63) is 58.8 Å². The second kappa shape index (κ2) is 8.27. The van der Waals surface area contributed by atoms with Crippen molar-refractivity contribution >= 4 is 44.9 Å². The monoisotopic (exact) mass is 409 g/mol. The number of likely N-dealkylation sites (N-methyl/N-ethyl adjacent to an activating group) is 1. The summed E-state index contributed by atoms with van der Waals surface area (Å²) in [4.78, 5) is 15.5.